The number of anilines is 2. The summed E-state index contributed by atoms with van der Waals surface area (Å²) < 4.78 is 39.3. The summed E-state index contributed by atoms with van der Waals surface area (Å²) in [5.74, 6) is 0.479. The normalized spacial score (nSPS) is 15.5. The topological polar surface area (TPSA) is 84.9 Å². The Morgan fingerprint density at radius 2 is 1.75 bits per heavy atom. The predicted octanol–water partition coefficient (Wildman–Crippen LogP) is 3.91. The maximum atomic E-state index is 13.5. The van der Waals surface area contributed by atoms with E-state index < -0.39 is 22.0 Å². The Labute approximate surface area is 187 Å². The van der Waals surface area contributed by atoms with E-state index in [9.17, 15) is 13.2 Å². The van der Waals surface area contributed by atoms with Crippen LogP contribution in [0, 0.1) is 13.8 Å². The molecular weight excluding hydrogens is 428 g/mol. The van der Waals surface area contributed by atoms with Gasteiger partial charge in [0, 0.05) is 5.69 Å². The van der Waals surface area contributed by atoms with Crippen molar-refractivity contribution < 1.29 is 22.7 Å². The van der Waals surface area contributed by atoms with Crippen molar-refractivity contribution in [2.24, 2.45) is 0 Å². The maximum Gasteiger partial charge on any atom is 0.267 e. The molecule has 1 heterocycles. The lowest BCUT2D eigenvalue weighted by Crippen LogP contribution is -2.48. The fourth-order valence-corrected chi connectivity index (χ4v) is 5.02. The molecule has 1 atom stereocenters. The van der Waals surface area contributed by atoms with Gasteiger partial charge in [-0.3, -0.25) is 9.10 Å². The van der Waals surface area contributed by atoms with Crippen LogP contribution in [0.25, 0.3) is 0 Å². The van der Waals surface area contributed by atoms with Crippen molar-refractivity contribution >= 4 is 27.3 Å². The summed E-state index contributed by atoms with van der Waals surface area (Å²) in [6.07, 6.45) is -1.02. The van der Waals surface area contributed by atoms with Crippen LogP contribution in [0.5, 0.6) is 11.5 Å². The number of carbonyl (C=O) groups excluding carboxylic acids is 1. The molecular formula is C24H24N2O5S. The molecule has 0 aromatic heterocycles. The van der Waals surface area contributed by atoms with Crippen LogP contribution >= 0.6 is 0 Å². The minimum atomic E-state index is -3.94. The van der Waals surface area contributed by atoms with Gasteiger partial charge in [-0.25, -0.2) is 8.42 Å². The summed E-state index contributed by atoms with van der Waals surface area (Å²) in [4.78, 5) is 13.1. The molecule has 1 amide bonds. The Hall–Kier alpha value is -3.52. The lowest BCUT2D eigenvalue weighted by molar-refractivity contribution is -0.122. The Balaban J connectivity index is 1.69. The van der Waals surface area contributed by atoms with Gasteiger partial charge in [-0.2, -0.15) is 0 Å². The highest BCUT2D eigenvalue weighted by Gasteiger charge is 2.37. The van der Waals surface area contributed by atoms with Crippen molar-refractivity contribution in [1.29, 1.82) is 0 Å². The Morgan fingerprint density at radius 3 is 2.44 bits per heavy atom. The zero-order chi connectivity index (χ0) is 22.9. The van der Waals surface area contributed by atoms with E-state index in [0.717, 1.165) is 11.1 Å². The minimum absolute atomic E-state index is 0.101. The first kappa shape index (κ1) is 21.7. The number of sulfonamides is 1. The van der Waals surface area contributed by atoms with Gasteiger partial charge in [-0.1, -0.05) is 18.2 Å². The average molecular weight is 453 g/mol. The van der Waals surface area contributed by atoms with E-state index in [-0.39, 0.29) is 11.4 Å². The van der Waals surface area contributed by atoms with Gasteiger partial charge in [-0.15, -0.1) is 0 Å². The van der Waals surface area contributed by atoms with E-state index in [0.29, 0.717) is 22.9 Å². The van der Waals surface area contributed by atoms with Crippen molar-refractivity contribution in [3.63, 3.8) is 0 Å². The first-order chi connectivity index (χ1) is 15.3. The number of rotatable bonds is 5. The summed E-state index contributed by atoms with van der Waals surface area (Å²) in [6, 6.07) is 18.8. The molecule has 4 rings (SSSR count). The van der Waals surface area contributed by atoms with Gasteiger partial charge in [0.2, 0.25) is 0 Å². The highest BCUT2D eigenvalue weighted by Crippen LogP contribution is 2.38. The van der Waals surface area contributed by atoms with Crippen molar-refractivity contribution in [1.82, 2.24) is 0 Å². The van der Waals surface area contributed by atoms with Crippen LogP contribution in [-0.4, -0.2) is 34.1 Å². The molecule has 166 valence electrons. The van der Waals surface area contributed by atoms with Crippen molar-refractivity contribution in [3.8, 4) is 11.5 Å². The number of carbonyl (C=O) groups is 1. The molecule has 3 aromatic carbocycles. The molecule has 1 aliphatic rings. The van der Waals surface area contributed by atoms with Gasteiger partial charge in [0.1, 0.15) is 11.5 Å². The van der Waals surface area contributed by atoms with E-state index >= 15 is 0 Å². The number of hydrogen-bond donors (Lipinski definition) is 1. The number of methoxy groups -OCH3 is 1. The van der Waals surface area contributed by atoms with Crippen LogP contribution in [0.1, 0.15) is 11.1 Å². The molecule has 0 spiro atoms. The number of aryl methyl sites for hydroxylation is 2. The third kappa shape index (κ3) is 4.27. The van der Waals surface area contributed by atoms with Crippen LogP contribution in [0.2, 0.25) is 0 Å². The van der Waals surface area contributed by atoms with Crippen LogP contribution in [0.3, 0.4) is 0 Å². The molecule has 3 aromatic rings. The van der Waals surface area contributed by atoms with Crippen LogP contribution in [-0.2, 0) is 14.8 Å². The second kappa shape index (κ2) is 8.55. The van der Waals surface area contributed by atoms with E-state index in [1.54, 1.807) is 30.3 Å². The minimum Gasteiger partial charge on any atom is -0.497 e. The standard InChI is InChI=1S/C24H24N2O5S/c1-16-5-4-6-18(13-16)25-24(27)23-15-26(21-12-7-17(2)14-22(21)31-23)32(28,29)20-10-8-19(30-3)9-11-20/h4-14,23H,15H2,1-3H3,(H,25,27)/t23-/m0/s1. The van der Waals surface area contributed by atoms with Gasteiger partial charge >= 0.3 is 0 Å². The van der Waals surface area contributed by atoms with Crippen molar-refractivity contribution in [3.05, 3.63) is 77.9 Å². The largest absolute Gasteiger partial charge is 0.497 e. The third-order valence-corrected chi connectivity index (χ3v) is 7.00. The lowest BCUT2D eigenvalue weighted by Gasteiger charge is -2.35. The van der Waals surface area contributed by atoms with Crippen LogP contribution < -0.4 is 19.1 Å². The Morgan fingerprint density at radius 1 is 1.03 bits per heavy atom. The molecule has 0 aliphatic carbocycles. The number of ether oxygens (including phenoxy) is 2. The monoisotopic (exact) mass is 452 g/mol. The van der Waals surface area contributed by atoms with Crippen LogP contribution in [0.15, 0.2) is 71.6 Å². The maximum absolute atomic E-state index is 13.5. The first-order valence-electron chi connectivity index (χ1n) is 10.1. The van der Waals surface area contributed by atoms with Gasteiger partial charge in [-0.05, 0) is 73.5 Å². The fraction of sp³-hybridized carbons (Fsp3) is 0.208. The second-order valence-electron chi connectivity index (χ2n) is 7.65. The second-order valence-corrected chi connectivity index (χ2v) is 9.51. The summed E-state index contributed by atoms with van der Waals surface area (Å²) in [6.45, 7) is 3.65. The van der Waals surface area contributed by atoms with E-state index in [4.69, 9.17) is 9.47 Å². The molecule has 32 heavy (non-hydrogen) atoms. The Bertz CT molecular complexity index is 1260. The molecule has 0 saturated heterocycles. The summed E-state index contributed by atoms with van der Waals surface area (Å²) in [5, 5.41) is 2.82. The number of nitrogens with zero attached hydrogens (tertiary/aromatic N) is 1. The molecule has 8 heteroatoms. The Kier molecular flexibility index (Phi) is 5.80. The molecule has 0 unspecified atom stereocenters. The summed E-state index contributed by atoms with van der Waals surface area (Å²) >= 11 is 0. The highest BCUT2D eigenvalue weighted by molar-refractivity contribution is 7.92. The van der Waals surface area contributed by atoms with Crippen LogP contribution in [0.4, 0.5) is 11.4 Å². The lowest BCUT2D eigenvalue weighted by atomic mass is 10.1. The van der Waals surface area contributed by atoms with E-state index in [2.05, 4.69) is 5.32 Å². The number of hydrogen-bond acceptors (Lipinski definition) is 5. The van der Waals surface area contributed by atoms with Gasteiger partial charge in [0.05, 0.1) is 24.2 Å². The quantitative estimate of drug-likeness (QED) is 0.635. The highest BCUT2D eigenvalue weighted by atomic mass is 32.2. The molecule has 1 aliphatic heterocycles. The van der Waals surface area contributed by atoms with E-state index in [1.165, 1.54) is 23.5 Å². The zero-order valence-electron chi connectivity index (χ0n) is 18.0. The summed E-state index contributed by atoms with van der Waals surface area (Å²) in [7, 11) is -2.43. The number of nitrogens with one attached hydrogen (secondary N) is 1. The van der Waals surface area contributed by atoms with Crippen molar-refractivity contribution in [2.45, 2.75) is 24.8 Å². The van der Waals surface area contributed by atoms with E-state index in [1.807, 2.05) is 38.1 Å². The van der Waals surface area contributed by atoms with Crippen molar-refractivity contribution in [2.75, 3.05) is 23.3 Å². The summed E-state index contributed by atoms with van der Waals surface area (Å²) in [5.41, 5.74) is 2.91. The third-order valence-electron chi connectivity index (χ3n) is 5.21. The number of benzene rings is 3. The zero-order valence-corrected chi connectivity index (χ0v) is 18.8. The van der Waals surface area contributed by atoms with Gasteiger partial charge in [0.25, 0.3) is 15.9 Å². The molecule has 0 bridgehead atoms. The van der Waals surface area contributed by atoms with Gasteiger partial charge < -0.3 is 14.8 Å². The molecule has 1 N–H and O–H groups in total. The SMILES string of the molecule is COc1ccc(S(=O)(=O)N2C[C@@H](C(=O)Nc3cccc(C)c3)Oc3cc(C)ccc32)cc1. The smallest absolute Gasteiger partial charge is 0.267 e. The van der Waals surface area contributed by atoms with Gasteiger partial charge in [0.15, 0.2) is 6.10 Å². The molecule has 0 saturated carbocycles. The molecule has 7 nitrogen and oxygen atoms in total. The first-order valence-corrected chi connectivity index (χ1v) is 11.5. The molecule has 0 radical (unpaired) electrons. The number of amides is 1. The number of fused-ring (bicyclic) bond motifs is 1. The fourth-order valence-electron chi connectivity index (χ4n) is 3.55. The average Bonchev–Trinajstić information content (AvgIpc) is 2.78. The predicted molar refractivity (Wildman–Crippen MR) is 123 cm³/mol. The molecule has 0 fully saturated rings.